The summed E-state index contributed by atoms with van der Waals surface area (Å²) in [5, 5.41) is 3.46. The summed E-state index contributed by atoms with van der Waals surface area (Å²) in [6.45, 7) is 2.52. The highest BCUT2D eigenvalue weighted by Gasteiger charge is 2.10. The van der Waals surface area contributed by atoms with Crippen molar-refractivity contribution in [3.8, 4) is 0 Å². The van der Waals surface area contributed by atoms with E-state index in [2.05, 4.69) is 5.32 Å². The van der Waals surface area contributed by atoms with Crippen molar-refractivity contribution in [1.29, 1.82) is 0 Å². The van der Waals surface area contributed by atoms with Crippen LogP contribution in [0.4, 0.5) is 10.5 Å². The van der Waals surface area contributed by atoms with Crippen LogP contribution < -0.4 is 5.32 Å². The van der Waals surface area contributed by atoms with Gasteiger partial charge in [0, 0.05) is 13.6 Å². The van der Waals surface area contributed by atoms with E-state index in [0.29, 0.717) is 22.3 Å². The second-order valence-electron chi connectivity index (χ2n) is 3.05. The number of amides is 2. The van der Waals surface area contributed by atoms with Crippen LogP contribution in [0.5, 0.6) is 0 Å². The molecule has 82 valence electrons. The normalized spacial score (nSPS) is 9.87. The molecule has 0 atom stereocenters. The molecule has 0 saturated carbocycles. The molecule has 0 saturated heterocycles. The summed E-state index contributed by atoms with van der Waals surface area (Å²) in [6, 6.07) is 4.90. The van der Waals surface area contributed by atoms with E-state index in [1.165, 1.54) is 4.90 Å². The molecule has 0 aliphatic carbocycles. The number of nitrogens with one attached hydrogen (secondary N) is 1. The first-order valence-corrected chi connectivity index (χ1v) is 5.28. The van der Waals surface area contributed by atoms with Crippen LogP contribution in [0.3, 0.4) is 0 Å². The molecule has 0 aliphatic rings. The van der Waals surface area contributed by atoms with E-state index in [1.807, 2.05) is 6.92 Å². The van der Waals surface area contributed by atoms with E-state index < -0.39 is 0 Å². The van der Waals surface area contributed by atoms with Gasteiger partial charge < -0.3 is 10.2 Å². The Morgan fingerprint density at radius 2 is 2.13 bits per heavy atom. The minimum atomic E-state index is -0.207. The first-order chi connectivity index (χ1) is 7.06. The van der Waals surface area contributed by atoms with Crippen LogP contribution in [0.1, 0.15) is 6.92 Å². The number of halogens is 2. The van der Waals surface area contributed by atoms with Crippen molar-refractivity contribution in [2.75, 3.05) is 18.9 Å². The minimum Gasteiger partial charge on any atom is -0.328 e. The van der Waals surface area contributed by atoms with Gasteiger partial charge in [0.15, 0.2) is 0 Å². The van der Waals surface area contributed by atoms with E-state index in [0.717, 1.165) is 0 Å². The lowest BCUT2D eigenvalue weighted by Gasteiger charge is -2.16. The van der Waals surface area contributed by atoms with E-state index in [9.17, 15) is 4.79 Å². The number of rotatable bonds is 2. The fraction of sp³-hybridized carbons (Fsp3) is 0.300. The monoisotopic (exact) mass is 246 g/mol. The molecule has 0 aromatic heterocycles. The van der Waals surface area contributed by atoms with Crippen LogP contribution in [0.2, 0.25) is 10.0 Å². The maximum atomic E-state index is 11.5. The standard InChI is InChI=1S/C10H12Cl2N2O/c1-3-14(2)10(15)13-8-6-4-5-7(11)9(8)12/h4-6H,3H2,1-2H3,(H,13,15). The zero-order valence-electron chi connectivity index (χ0n) is 8.55. The topological polar surface area (TPSA) is 32.3 Å². The highest BCUT2D eigenvalue weighted by molar-refractivity contribution is 6.43. The van der Waals surface area contributed by atoms with Crippen LogP contribution >= 0.6 is 23.2 Å². The summed E-state index contributed by atoms with van der Waals surface area (Å²) < 4.78 is 0. The van der Waals surface area contributed by atoms with Gasteiger partial charge in [-0.3, -0.25) is 0 Å². The van der Waals surface area contributed by atoms with Gasteiger partial charge in [0.1, 0.15) is 0 Å². The first-order valence-electron chi connectivity index (χ1n) is 4.52. The van der Waals surface area contributed by atoms with E-state index >= 15 is 0 Å². The molecular weight excluding hydrogens is 235 g/mol. The second-order valence-corrected chi connectivity index (χ2v) is 3.83. The molecule has 0 spiro atoms. The molecule has 0 aliphatic heterocycles. The third kappa shape index (κ3) is 3.01. The lowest BCUT2D eigenvalue weighted by molar-refractivity contribution is 0.224. The predicted molar refractivity (Wildman–Crippen MR) is 63.8 cm³/mol. The molecule has 2 amide bonds. The Labute approximate surface area is 99.0 Å². The molecule has 1 N–H and O–H groups in total. The highest BCUT2D eigenvalue weighted by atomic mass is 35.5. The van der Waals surface area contributed by atoms with Crippen molar-refractivity contribution in [2.24, 2.45) is 0 Å². The fourth-order valence-corrected chi connectivity index (χ4v) is 1.30. The van der Waals surface area contributed by atoms with Gasteiger partial charge in [-0.15, -0.1) is 0 Å². The number of hydrogen-bond acceptors (Lipinski definition) is 1. The summed E-state index contributed by atoms with van der Waals surface area (Å²) in [5.74, 6) is 0. The second kappa shape index (κ2) is 5.24. The van der Waals surface area contributed by atoms with Gasteiger partial charge in [0.25, 0.3) is 0 Å². The van der Waals surface area contributed by atoms with E-state index in [4.69, 9.17) is 23.2 Å². The molecular formula is C10H12Cl2N2O. The number of urea groups is 1. The molecule has 0 radical (unpaired) electrons. The Morgan fingerprint density at radius 1 is 1.47 bits per heavy atom. The van der Waals surface area contributed by atoms with Crippen molar-refractivity contribution in [1.82, 2.24) is 4.90 Å². The van der Waals surface area contributed by atoms with Crippen LogP contribution in [-0.2, 0) is 0 Å². The van der Waals surface area contributed by atoms with Gasteiger partial charge in [-0.2, -0.15) is 0 Å². The Bertz CT molecular complexity index is 368. The van der Waals surface area contributed by atoms with Crippen molar-refractivity contribution in [2.45, 2.75) is 6.92 Å². The predicted octanol–water partition coefficient (Wildman–Crippen LogP) is 3.48. The quantitative estimate of drug-likeness (QED) is 0.852. The van der Waals surface area contributed by atoms with Crippen molar-refractivity contribution >= 4 is 34.9 Å². The zero-order chi connectivity index (χ0) is 11.4. The summed E-state index contributed by atoms with van der Waals surface area (Å²) in [4.78, 5) is 13.1. The van der Waals surface area contributed by atoms with Gasteiger partial charge in [-0.1, -0.05) is 29.3 Å². The van der Waals surface area contributed by atoms with Gasteiger partial charge >= 0.3 is 6.03 Å². The van der Waals surface area contributed by atoms with Crippen LogP contribution in [0.15, 0.2) is 18.2 Å². The van der Waals surface area contributed by atoms with Crippen LogP contribution in [0.25, 0.3) is 0 Å². The van der Waals surface area contributed by atoms with Gasteiger partial charge in [-0.05, 0) is 19.1 Å². The largest absolute Gasteiger partial charge is 0.328 e. The summed E-state index contributed by atoms with van der Waals surface area (Å²) >= 11 is 11.7. The number of benzene rings is 1. The van der Waals surface area contributed by atoms with Gasteiger partial charge in [0.2, 0.25) is 0 Å². The van der Waals surface area contributed by atoms with Gasteiger partial charge in [0.05, 0.1) is 15.7 Å². The Morgan fingerprint density at radius 3 is 2.73 bits per heavy atom. The maximum absolute atomic E-state index is 11.5. The van der Waals surface area contributed by atoms with Crippen molar-refractivity contribution in [3.05, 3.63) is 28.2 Å². The fourth-order valence-electron chi connectivity index (χ4n) is 0.955. The molecule has 0 unspecified atom stereocenters. The molecule has 5 heteroatoms. The summed E-state index contributed by atoms with van der Waals surface area (Å²) in [5.41, 5.74) is 0.523. The molecule has 0 bridgehead atoms. The molecule has 0 fully saturated rings. The third-order valence-corrected chi connectivity index (χ3v) is 2.83. The molecule has 1 aromatic rings. The lowest BCUT2D eigenvalue weighted by Crippen LogP contribution is -2.31. The molecule has 3 nitrogen and oxygen atoms in total. The Kier molecular flexibility index (Phi) is 4.24. The van der Waals surface area contributed by atoms with Crippen LogP contribution in [-0.4, -0.2) is 24.5 Å². The Balaban J connectivity index is 2.81. The van der Waals surface area contributed by atoms with E-state index in [1.54, 1.807) is 25.2 Å². The zero-order valence-corrected chi connectivity index (χ0v) is 10.1. The maximum Gasteiger partial charge on any atom is 0.321 e. The molecule has 15 heavy (non-hydrogen) atoms. The Hall–Kier alpha value is -0.930. The number of hydrogen-bond donors (Lipinski definition) is 1. The van der Waals surface area contributed by atoms with Crippen molar-refractivity contribution in [3.63, 3.8) is 0 Å². The van der Waals surface area contributed by atoms with Crippen molar-refractivity contribution < 1.29 is 4.79 Å². The third-order valence-electron chi connectivity index (χ3n) is 2.01. The van der Waals surface area contributed by atoms with Crippen LogP contribution in [0, 0.1) is 0 Å². The number of carbonyl (C=O) groups excluding carboxylic acids is 1. The number of nitrogens with zero attached hydrogens (tertiary/aromatic N) is 1. The van der Waals surface area contributed by atoms with E-state index in [-0.39, 0.29) is 6.03 Å². The molecule has 1 aromatic carbocycles. The average Bonchev–Trinajstić information content (AvgIpc) is 2.23. The smallest absolute Gasteiger partial charge is 0.321 e. The number of carbonyl (C=O) groups is 1. The highest BCUT2D eigenvalue weighted by Crippen LogP contribution is 2.29. The average molecular weight is 247 g/mol. The first kappa shape index (κ1) is 12.1. The minimum absolute atomic E-state index is 0.207. The number of anilines is 1. The summed E-state index contributed by atoms with van der Waals surface area (Å²) in [6.07, 6.45) is 0. The molecule has 0 heterocycles. The SMILES string of the molecule is CCN(C)C(=O)Nc1cccc(Cl)c1Cl. The molecule has 1 rings (SSSR count). The van der Waals surface area contributed by atoms with Gasteiger partial charge in [-0.25, -0.2) is 4.79 Å². The summed E-state index contributed by atoms with van der Waals surface area (Å²) in [7, 11) is 1.70. The lowest BCUT2D eigenvalue weighted by atomic mass is 10.3.